The number of rotatable bonds is 3. The molecule has 25 heavy (non-hydrogen) atoms. The van der Waals surface area contributed by atoms with Crippen LogP contribution < -0.4 is 0 Å². The molecule has 2 aliphatic carbocycles. The first kappa shape index (κ1) is 17.6. The molecule has 6 heteroatoms. The summed E-state index contributed by atoms with van der Waals surface area (Å²) in [6.45, 7) is 11.2. The minimum Gasteiger partial charge on any atom is -0.399 e. The summed E-state index contributed by atoms with van der Waals surface area (Å²) in [4.78, 5) is 2.28. The Morgan fingerprint density at radius 3 is 2.24 bits per heavy atom. The molecular formula is C19H29BFNO3. The lowest BCUT2D eigenvalue weighted by atomic mass is 9.65. The minimum absolute atomic E-state index is 0.150. The van der Waals surface area contributed by atoms with Crippen molar-refractivity contribution in [2.24, 2.45) is 11.8 Å². The van der Waals surface area contributed by atoms with Gasteiger partial charge in [0.15, 0.2) is 0 Å². The molecule has 0 bridgehead atoms. The van der Waals surface area contributed by atoms with Crippen LogP contribution in [0.4, 0.5) is 4.39 Å². The monoisotopic (exact) mass is 349 g/mol. The molecule has 138 valence electrons. The number of ether oxygens (including phenoxy) is 1. The molecular weight excluding hydrogens is 320 g/mol. The Labute approximate surface area is 150 Å². The van der Waals surface area contributed by atoms with Gasteiger partial charge < -0.3 is 18.9 Å². The molecule has 4 nitrogen and oxygen atoms in total. The van der Waals surface area contributed by atoms with Crippen LogP contribution in [0, 0.1) is 11.8 Å². The number of halogens is 1. The van der Waals surface area contributed by atoms with E-state index in [4.69, 9.17) is 14.0 Å². The van der Waals surface area contributed by atoms with Crippen LogP contribution in [0.1, 0.15) is 47.0 Å². The fraction of sp³-hybridized carbons (Fsp3) is 0.789. The summed E-state index contributed by atoms with van der Waals surface area (Å²) in [7, 11) is -0.571. The van der Waals surface area contributed by atoms with E-state index in [0.29, 0.717) is 5.92 Å². The molecule has 2 saturated heterocycles. The van der Waals surface area contributed by atoms with Crippen molar-refractivity contribution >= 4 is 7.12 Å². The Hall–Kier alpha value is -0.845. The van der Waals surface area contributed by atoms with E-state index in [0.717, 1.165) is 43.9 Å². The maximum absolute atomic E-state index is 15.2. The highest BCUT2D eigenvalue weighted by Crippen LogP contribution is 2.50. The second-order valence-electron chi connectivity index (χ2n) is 8.77. The van der Waals surface area contributed by atoms with Gasteiger partial charge >= 0.3 is 7.12 Å². The lowest BCUT2D eigenvalue weighted by molar-refractivity contribution is 0.00578. The third-order valence-corrected chi connectivity index (χ3v) is 6.51. The van der Waals surface area contributed by atoms with E-state index in [9.17, 15) is 0 Å². The van der Waals surface area contributed by atoms with E-state index >= 15 is 4.39 Å². The molecule has 4 rings (SSSR count). The average Bonchev–Trinajstić information content (AvgIpc) is 3.35. The van der Waals surface area contributed by atoms with Crippen LogP contribution in [-0.4, -0.2) is 49.5 Å². The van der Waals surface area contributed by atoms with Gasteiger partial charge in [-0.25, -0.2) is 4.39 Å². The fourth-order valence-electron chi connectivity index (χ4n) is 4.05. The van der Waals surface area contributed by atoms with Crippen LogP contribution in [0.5, 0.6) is 0 Å². The zero-order valence-corrected chi connectivity index (χ0v) is 15.8. The quantitative estimate of drug-likeness (QED) is 0.730. The Morgan fingerprint density at radius 2 is 1.68 bits per heavy atom. The predicted octanol–water partition coefficient (Wildman–Crippen LogP) is 3.49. The number of hydrogen-bond donors (Lipinski definition) is 0. The topological polar surface area (TPSA) is 30.9 Å². The number of allylic oxidation sites excluding steroid dienone is 4. The van der Waals surface area contributed by atoms with Crippen molar-refractivity contribution < 1.29 is 18.4 Å². The molecule has 4 aliphatic rings. The van der Waals surface area contributed by atoms with E-state index in [1.807, 2.05) is 27.7 Å². The van der Waals surface area contributed by atoms with Gasteiger partial charge in [0.2, 0.25) is 0 Å². The van der Waals surface area contributed by atoms with Gasteiger partial charge in [0.05, 0.1) is 24.4 Å². The molecule has 1 unspecified atom stereocenters. The molecule has 0 amide bonds. The molecule has 0 N–H and O–H groups in total. The van der Waals surface area contributed by atoms with E-state index in [1.165, 1.54) is 12.8 Å². The summed E-state index contributed by atoms with van der Waals surface area (Å²) in [6.07, 6.45) is 4.96. The van der Waals surface area contributed by atoms with Crippen LogP contribution in [0.15, 0.2) is 23.1 Å². The van der Waals surface area contributed by atoms with Crippen molar-refractivity contribution in [2.45, 2.75) is 58.2 Å². The average molecular weight is 349 g/mol. The van der Waals surface area contributed by atoms with Crippen molar-refractivity contribution in [3.63, 3.8) is 0 Å². The second-order valence-corrected chi connectivity index (χ2v) is 8.77. The van der Waals surface area contributed by atoms with Crippen molar-refractivity contribution in [2.75, 3.05) is 26.3 Å². The Kier molecular flexibility index (Phi) is 4.29. The molecule has 2 heterocycles. The molecule has 0 radical (unpaired) electrons. The van der Waals surface area contributed by atoms with E-state index in [-0.39, 0.29) is 11.7 Å². The number of morpholine rings is 1. The third-order valence-electron chi connectivity index (χ3n) is 6.51. The van der Waals surface area contributed by atoms with Crippen molar-refractivity contribution in [3.05, 3.63) is 23.1 Å². The lowest BCUT2D eigenvalue weighted by Gasteiger charge is -2.36. The van der Waals surface area contributed by atoms with Crippen molar-refractivity contribution in [1.82, 2.24) is 4.90 Å². The predicted molar refractivity (Wildman–Crippen MR) is 95.5 cm³/mol. The molecule has 0 aromatic carbocycles. The van der Waals surface area contributed by atoms with Gasteiger partial charge in [-0.3, -0.25) is 0 Å². The zero-order valence-electron chi connectivity index (χ0n) is 15.8. The van der Waals surface area contributed by atoms with Gasteiger partial charge in [0.1, 0.15) is 5.83 Å². The summed E-state index contributed by atoms with van der Waals surface area (Å²) >= 11 is 0. The largest absolute Gasteiger partial charge is 0.493 e. The number of hydrogen-bond acceptors (Lipinski definition) is 4. The van der Waals surface area contributed by atoms with Crippen molar-refractivity contribution in [3.8, 4) is 0 Å². The summed E-state index contributed by atoms with van der Waals surface area (Å²) in [5, 5.41) is 0. The van der Waals surface area contributed by atoms with Crippen molar-refractivity contribution in [1.29, 1.82) is 0 Å². The third kappa shape index (κ3) is 3.17. The van der Waals surface area contributed by atoms with E-state index in [1.54, 1.807) is 6.08 Å². The molecule has 1 saturated carbocycles. The first-order valence-corrected chi connectivity index (χ1v) is 9.57. The van der Waals surface area contributed by atoms with E-state index in [2.05, 4.69) is 4.90 Å². The van der Waals surface area contributed by atoms with Gasteiger partial charge in [0, 0.05) is 18.8 Å². The summed E-state index contributed by atoms with van der Waals surface area (Å²) in [5.74, 6) is 0.602. The molecule has 1 atom stereocenters. The first-order chi connectivity index (χ1) is 11.8. The van der Waals surface area contributed by atoms with Gasteiger partial charge in [-0.05, 0) is 70.3 Å². The van der Waals surface area contributed by atoms with Crippen LogP contribution in [0.3, 0.4) is 0 Å². The van der Waals surface area contributed by atoms with Crippen LogP contribution in [0.2, 0.25) is 0 Å². The molecule has 0 aromatic heterocycles. The Bertz CT molecular complexity index is 590. The molecule has 3 fully saturated rings. The smallest absolute Gasteiger partial charge is 0.399 e. The summed E-state index contributed by atoms with van der Waals surface area (Å²) in [5.41, 5.74) is 0.969. The Balaban J connectivity index is 1.63. The Morgan fingerprint density at radius 1 is 1.08 bits per heavy atom. The molecule has 2 aliphatic heterocycles. The maximum Gasteiger partial charge on any atom is 0.493 e. The highest BCUT2D eigenvalue weighted by Gasteiger charge is 2.56. The molecule has 0 aromatic rings. The van der Waals surface area contributed by atoms with Gasteiger partial charge in [-0.1, -0.05) is 0 Å². The van der Waals surface area contributed by atoms with Gasteiger partial charge in [-0.2, -0.15) is 0 Å². The van der Waals surface area contributed by atoms with Gasteiger partial charge in [-0.15, -0.1) is 0 Å². The highest BCUT2D eigenvalue weighted by atomic mass is 19.1. The standard InChI is InChI=1S/C19H29BFNO3/c1-18(2)19(3,4)25-20(24-18)17-15(13-5-6-13)11-14(12-16(17)21)22-7-9-23-10-8-22/h12-13,15H,5-11H2,1-4H3. The SMILES string of the molecule is CC1(C)OB(C2=C(F)C=C(N3CCOCC3)CC2C2CC2)OC1(C)C. The summed E-state index contributed by atoms with van der Waals surface area (Å²) in [6, 6.07) is 0. The van der Waals surface area contributed by atoms with Crippen LogP contribution in [-0.2, 0) is 14.0 Å². The zero-order chi connectivity index (χ0) is 17.8. The summed E-state index contributed by atoms with van der Waals surface area (Å²) < 4.78 is 33.0. The fourth-order valence-corrected chi connectivity index (χ4v) is 4.05. The molecule has 0 spiro atoms. The van der Waals surface area contributed by atoms with Crippen LogP contribution >= 0.6 is 0 Å². The normalized spacial score (nSPS) is 32.2. The maximum atomic E-state index is 15.2. The second kappa shape index (κ2) is 6.10. The van der Waals surface area contributed by atoms with E-state index < -0.39 is 18.3 Å². The van der Waals surface area contributed by atoms with Crippen LogP contribution in [0.25, 0.3) is 0 Å². The number of nitrogens with zero attached hydrogens (tertiary/aromatic N) is 1. The first-order valence-electron chi connectivity index (χ1n) is 9.57. The van der Waals surface area contributed by atoms with Gasteiger partial charge in [0.25, 0.3) is 0 Å². The lowest BCUT2D eigenvalue weighted by Crippen LogP contribution is -2.41. The minimum atomic E-state index is -0.571. The highest BCUT2D eigenvalue weighted by molar-refractivity contribution is 6.55.